The van der Waals surface area contributed by atoms with E-state index >= 15 is 0 Å². The molecule has 0 spiro atoms. The maximum atomic E-state index is 12.4. The third-order valence-electron chi connectivity index (χ3n) is 3.42. The van der Waals surface area contributed by atoms with Crippen molar-refractivity contribution in [1.29, 1.82) is 0 Å². The minimum Gasteiger partial charge on any atom is -0.454 e. The summed E-state index contributed by atoms with van der Waals surface area (Å²) in [4.78, 5) is 14.2. The molecule has 1 saturated heterocycles. The van der Waals surface area contributed by atoms with Gasteiger partial charge in [0, 0.05) is 24.7 Å². The molecule has 2 aliphatic rings. The Kier molecular flexibility index (Phi) is 3.24. The van der Waals surface area contributed by atoms with E-state index in [1.165, 1.54) is 0 Å². The summed E-state index contributed by atoms with van der Waals surface area (Å²) in [5, 5.41) is 0.402. The average Bonchev–Trinajstić information content (AvgIpc) is 2.86. The lowest BCUT2D eigenvalue weighted by Gasteiger charge is -2.30. The fourth-order valence-corrected chi connectivity index (χ4v) is 2.73. The van der Waals surface area contributed by atoms with Crippen molar-refractivity contribution in [3.63, 3.8) is 0 Å². The molecule has 2 heterocycles. The number of carbonyl (C=O) groups is 1. The van der Waals surface area contributed by atoms with E-state index in [9.17, 15) is 4.79 Å². The molecule has 2 aliphatic heterocycles. The number of nitrogens with zero attached hydrogens (tertiary/aromatic N) is 1. The van der Waals surface area contributed by atoms with Gasteiger partial charge in [-0.3, -0.25) is 4.79 Å². The van der Waals surface area contributed by atoms with E-state index in [-0.39, 0.29) is 18.7 Å². The molecule has 6 heteroatoms. The standard InChI is InChI=1S/C13H15ClN2O3/c14-10-4-8(5-11-12(10)19-7-18-11)13(17)16-3-1-2-9(15)6-16/h4-5,9H,1-3,6-7,15H2. The zero-order chi connectivity index (χ0) is 13.4. The lowest BCUT2D eigenvalue weighted by Crippen LogP contribution is -2.45. The molecule has 1 amide bonds. The van der Waals surface area contributed by atoms with E-state index < -0.39 is 0 Å². The minimum absolute atomic E-state index is 0.0576. The molecule has 1 aromatic rings. The summed E-state index contributed by atoms with van der Waals surface area (Å²) in [6.45, 7) is 1.46. The number of amides is 1. The number of likely N-dealkylation sites (tertiary alicyclic amines) is 1. The van der Waals surface area contributed by atoms with Gasteiger partial charge < -0.3 is 20.1 Å². The predicted octanol–water partition coefficient (Wildman–Crippen LogP) is 1.63. The van der Waals surface area contributed by atoms with Crippen molar-refractivity contribution in [3.05, 3.63) is 22.7 Å². The molecular formula is C13H15ClN2O3. The number of piperidine rings is 1. The highest BCUT2D eigenvalue weighted by molar-refractivity contribution is 6.32. The highest BCUT2D eigenvalue weighted by atomic mass is 35.5. The number of nitrogens with two attached hydrogens (primary N) is 1. The summed E-state index contributed by atoms with van der Waals surface area (Å²) in [7, 11) is 0. The van der Waals surface area contributed by atoms with Crippen molar-refractivity contribution in [2.75, 3.05) is 19.9 Å². The predicted molar refractivity (Wildman–Crippen MR) is 70.7 cm³/mol. The van der Waals surface area contributed by atoms with Crippen molar-refractivity contribution >= 4 is 17.5 Å². The summed E-state index contributed by atoms with van der Waals surface area (Å²) in [5.41, 5.74) is 6.41. The molecule has 1 atom stereocenters. The summed E-state index contributed by atoms with van der Waals surface area (Å²) in [5.74, 6) is 0.973. The second-order valence-electron chi connectivity index (χ2n) is 4.85. The van der Waals surface area contributed by atoms with E-state index in [1.54, 1.807) is 17.0 Å². The van der Waals surface area contributed by atoms with Gasteiger partial charge in [0.25, 0.3) is 5.91 Å². The molecule has 102 valence electrons. The first-order valence-electron chi connectivity index (χ1n) is 6.29. The zero-order valence-corrected chi connectivity index (χ0v) is 11.2. The minimum atomic E-state index is -0.0599. The summed E-state index contributed by atoms with van der Waals surface area (Å²) < 4.78 is 10.5. The van der Waals surface area contributed by atoms with Gasteiger partial charge in [0.05, 0.1) is 5.02 Å². The number of halogens is 1. The van der Waals surface area contributed by atoms with Crippen LogP contribution in [-0.4, -0.2) is 36.7 Å². The average molecular weight is 283 g/mol. The molecular weight excluding hydrogens is 268 g/mol. The van der Waals surface area contributed by atoms with E-state index in [4.69, 9.17) is 26.8 Å². The second-order valence-corrected chi connectivity index (χ2v) is 5.25. The third-order valence-corrected chi connectivity index (χ3v) is 3.70. The van der Waals surface area contributed by atoms with Gasteiger partial charge in [-0.2, -0.15) is 0 Å². The Labute approximate surface area is 116 Å². The molecule has 1 fully saturated rings. The Morgan fingerprint density at radius 2 is 2.26 bits per heavy atom. The number of fused-ring (bicyclic) bond motifs is 1. The number of rotatable bonds is 1. The van der Waals surface area contributed by atoms with Gasteiger partial charge in [0.1, 0.15) is 0 Å². The molecule has 1 aromatic carbocycles. The Hall–Kier alpha value is -1.46. The van der Waals surface area contributed by atoms with E-state index in [0.29, 0.717) is 28.6 Å². The van der Waals surface area contributed by atoms with Crippen LogP contribution in [-0.2, 0) is 0 Å². The molecule has 0 saturated carbocycles. The quantitative estimate of drug-likeness (QED) is 0.850. The zero-order valence-electron chi connectivity index (χ0n) is 10.4. The first kappa shape index (κ1) is 12.6. The first-order valence-corrected chi connectivity index (χ1v) is 6.67. The van der Waals surface area contributed by atoms with Gasteiger partial charge in [-0.05, 0) is 25.0 Å². The van der Waals surface area contributed by atoms with Crippen LogP contribution in [0.1, 0.15) is 23.2 Å². The highest BCUT2D eigenvalue weighted by Crippen LogP contribution is 2.40. The van der Waals surface area contributed by atoms with Gasteiger partial charge in [-0.25, -0.2) is 0 Å². The number of benzene rings is 1. The van der Waals surface area contributed by atoms with Crippen LogP contribution in [0.15, 0.2) is 12.1 Å². The van der Waals surface area contributed by atoms with E-state index in [0.717, 1.165) is 19.4 Å². The van der Waals surface area contributed by atoms with Crippen LogP contribution < -0.4 is 15.2 Å². The maximum absolute atomic E-state index is 12.4. The Morgan fingerprint density at radius 3 is 3.05 bits per heavy atom. The molecule has 1 unspecified atom stereocenters. The van der Waals surface area contributed by atoms with Crippen molar-refractivity contribution in [2.45, 2.75) is 18.9 Å². The monoisotopic (exact) mass is 282 g/mol. The fourth-order valence-electron chi connectivity index (χ4n) is 2.47. The molecule has 0 bridgehead atoms. The molecule has 0 aromatic heterocycles. The molecule has 19 heavy (non-hydrogen) atoms. The first-order chi connectivity index (χ1) is 9.15. The molecule has 0 radical (unpaired) electrons. The molecule has 3 rings (SSSR count). The highest BCUT2D eigenvalue weighted by Gasteiger charge is 2.25. The van der Waals surface area contributed by atoms with Crippen molar-refractivity contribution in [3.8, 4) is 11.5 Å². The fraction of sp³-hybridized carbons (Fsp3) is 0.462. The number of ether oxygens (including phenoxy) is 2. The van der Waals surface area contributed by atoms with Crippen LogP contribution in [0.3, 0.4) is 0 Å². The van der Waals surface area contributed by atoms with Crippen LogP contribution in [0.5, 0.6) is 11.5 Å². The van der Waals surface area contributed by atoms with Gasteiger partial charge >= 0.3 is 0 Å². The Balaban J connectivity index is 1.86. The summed E-state index contributed by atoms with van der Waals surface area (Å²) >= 11 is 6.09. The van der Waals surface area contributed by atoms with Gasteiger partial charge in [0.15, 0.2) is 11.5 Å². The normalized spacial score (nSPS) is 21.6. The molecule has 2 N–H and O–H groups in total. The SMILES string of the molecule is NC1CCCN(C(=O)c2cc(Cl)c3c(c2)OCO3)C1. The van der Waals surface area contributed by atoms with Crippen molar-refractivity contribution in [1.82, 2.24) is 4.90 Å². The van der Waals surface area contributed by atoms with Gasteiger partial charge in [0.2, 0.25) is 6.79 Å². The Bertz CT molecular complexity index is 521. The summed E-state index contributed by atoms with van der Waals surface area (Å²) in [6, 6.07) is 3.36. The second kappa shape index (κ2) is 4.90. The largest absolute Gasteiger partial charge is 0.454 e. The van der Waals surface area contributed by atoms with Crippen molar-refractivity contribution < 1.29 is 14.3 Å². The Morgan fingerprint density at radius 1 is 1.42 bits per heavy atom. The van der Waals surface area contributed by atoms with Gasteiger partial charge in [-0.15, -0.1) is 0 Å². The third kappa shape index (κ3) is 2.35. The lowest BCUT2D eigenvalue weighted by atomic mass is 10.1. The van der Waals surface area contributed by atoms with Crippen LogP contribution in [0.2, 0.25) is 5.02 Å². The number of hydrogen-bond donors (Lipinski definition) is 1. The summed E-state index contributed by atoms with van der Waals surface area (Å²) in [6.07, 6.45) is 1.90. The molecule has 5 nitrogen and oxygen atoms in total. The maximum Gasteiger partial charge on any atom is 0.254 e. The van der Waals surface area contributed by atoms with Crippen LogP contribution in [0.4, 0.5) is 0 Å². The van der Waals surface area contributed by atoms with E-state index in [2.05, 4.69) is 0 Å². The van der Waals surface area contributed by atoms with E-state index in [1.807, 2.05) is 0 Å². The van der Waals surface area contributed by atoms with Gasteiger partial charge in [-0.1, -0.05) is 11.6 Å². The topological polar surface area (TPSA) is 64.8 Å². The van der Waals surface area contributed by atoms with Crippen LogP contribution in [0.25, 0.3) is 0 Å². The smallest absolute Gasteiger partial charge is 0.254 e. The lowest BCUT2D eigenvalue weighted by molar-refractivity contribution is 0.0708. The van der Waals surface area contributed by atoms with Crippen LogP contribution >= 0.6 is 11.6 Å². The van der Waals surface area contributed by atoms with Crippen molar-refractivity contribution in [2.24, 2.45) is 5.73 Å². The molecule has 0 aliphatic carbocycles. The van der Waals surface area contributed by atoms with Crippen LogP contribution in [0, 0.1) is 0 Å². The number of hydrogen-bond acceptors (Lipinski definition) is 4. The number of carbonyl (C=O) groups excluding carboxylic acids is 1.